The van der Waals surface area contributed by atoms with Crippen molar-refractivity contribution in [3.8, 4) is 0 Å². The maximum Gasteiger partial charge on any atom is 0.125 e. The first kappa shape index (κ1) is 39.2. The van der Waals surface area contributed by atoms with Crippen molar-refractivity contribution in [1.82, 2.24) is 29.9 Å². The van der Waals surface area contributed by atoms with E-state index in [0.717, 1.165) is 79.2 Å². The molecule has 2 aliphatic carbocycles. The van der Waals surface area contributed by atoms with Gasteiger partial charge in [-0.1, -0.05) is 53.6 Å². The number of aryl methyl sites for hydroxylation is 7. The van der Waals surface area contributed by atoms with E-state index in [0.29, 0.717) is 6.61 Å². The van der Waals surface area contributed by atoms with Gasteiger partial charge in [0.1, 0.15) is 11.5 Å². The van der Waals surface area contributed by atoms with Gasteiger partial charge in [0.15, 0.2) is 0 Å². The summed E-state index contributed by atoms with van der Waals surface area (Å²) in [6.07, 6.45) is 18.1. The standard InChI is InChI=1S/C20H20ClN3O.C15H14ClN.C6H10N2O.ClH/c21-16-7-8-18-15(11-16)6-5-14-3-1-9-23-19(14)20(18)25-10-2-4-17-12-22-13-24-17;1-10-4-7-13-12(9-10)6-5-11-3-2-8-17-15(11)14(13)16;9-3-1-2-6-4-7-5-8-6;/h1,3,7-9,11-13,20H,2,4-6,10H2,(H,22,24);2-4,7-9,14H,5-6H2,1H3;4-5,9H,1-3H2,(H,7,8);1H. The van der Waals surface area contributed by atoms with Crippen LogP contribution in [0.1, 0.15) is 86.0 Å². The van der Waals surface area contributed by atoms with Gasteiger partial charge in [0, 0.05) is 54.4 Å². The minimum atomic E-state index is -0.132. The predicted octanol–water partition coefficient (Wildman–Crippen LogP) is 8.87. The van der Waals surface area contributed by atoms with Crippen molar-refractivity contribution in [3.63, 3.8) is 0 Å². The lowest BCUT2D eigenvalue weighted by molar-refractivity contribution is 0.0751. The highest BCUT2D eigenvalue weighted by Gasteiger charge is 2.26. The molecule has 11 heteroatoms. The van der Waals surface area contributed by atoms with Gasteiger partial charge in [-0.25, -0.2) is 9.97 Å². The van der Waals surface area contributed by atoms with Gasteiger partial charge in [0.05, 0.1) is 24.0 Å². The molecule has 272 valence electrons. The molecule has 0 fully saturated rings. The summed E-state index contributed by atoms with van der Waals surface area (Å²) in [7, 11) is 0. The van der Waals surface area contributed by atoms with Gasteiger partial charge < -0.3 is 19.8 Å². The third-order valence-corrected chi connectivity index (χ3v) is 9.89. The number of aromatic nitrogens is 6. The van der Waals surface area contributed by atoms with Gasteiger partial charge in [-0.15, -0.1) is 24.0 Å². The van der Waals surface area contributed by atoms with E-state index in [-0.39, 0.29) is 30.5 Å². The van der Waals surface area contributed by atoms with E-state index >= 15 is 0 Å². The summed E-state index contributed by atoms with van der Waals surface area (Å²) >= 11 is 12.8. The Kier molecular flexibility index (Phi) is 14.8. The highest BCUT2D eigenvalue weighted by molar-refractivity contribution is 6.30. The van der Waals surface area contributed by atoms with Crippen LogP contribution in [0.3, 0.4) is 0 Å². The average Bonchev–Trinajstić information content (AvgIpc) is 3.84. The molecule has 3 N–H and O–H groups in total. The smallest absolute Gasteiger partial charge is 0.125 e. The van der Waals surface area contributed by atoms with E-state index in [1.54, 1.807) is 18.9 Å². The molecule has 4 heterocycles. The fourth-order valence-corrected chi connectivity index (χ4v) is 7.22. The summed E-state index contributed by atoms with van der Waals surface area (Å²) in [5, 5.41) is 9.10. The van der Waals surface area contributed by atoms with E-state index in [1.165, 1.54) is 38.9 Å². The molecule has 8 nitrogen and oxygen atoms in total. The molecule has 0 amide bonds. The number of rotatable bonds is 8. The lowest BCUT2D eigenvalue weighted by Crippen LogP contribution is -2.11. The van der Waals surface area contributed by atoms with Crippen LogP contribution in [-0.2, 0) is 43.3 Å². The van der Waals surface area contributed by atoms with E-state index in [1.807, 2.05) is 36.8 Å². The Balaban J connectivity index is 0.000000167. The predicted molar refractivity (Wildman–Crippen MR) is 210 cm³/mol. The number of alkyl halides is 1. The first-order valence-corrected chi connectivity index (χ1v) is 18.4. The number of aliphatic hydroxyl groups excluding tert-OH is 1. The van der Waals surface area contributed by atoms with Gasteiger partial charge in [-0.2, -0.15) is 0 Å². The van der Waals surface area contributed by atoms with Crippen LogP contribution < -0.4 is 0 Å². The van der Waals surface area contributed by atoms with Crippen LogP contribution in [0.15, 0.2) is 98.1 Å². The van der Waals surface area contributed by atoms with Crippen molar-refractivity contribution in [2.45, 2.75) is 69.8 Å². The molecule has 4 aromatic heterocycles. The molecule has 2 aliphatic rings. The number of nitrogens with one attached hydrogen (secondary N) is 2. The number of hydrogen-bond donors (Lipinski definition) is 3. The Morgan fingerprint density at radius 1 is 0.750 bits per heavy atom. The Labute approximate surface area is 321 Å². The van der Waals surface area contributed by atoms with Crippen molar-refractivity contribution in [3.05, 3.63) is 165 Å². The zero-order valence-electron chi connectivity index (χ0n) is 29.3. The summed E-state index contributed by atoms with van der Waals surface area (Å²) in [5.74, 6) is 0. The Morgan fingerprint density at radius 3 is 2.00 bits per heavy atom. The molecule has 2 atom stereocenters. The molecule has 6 aromatic rings. The zero-order chi connectivity index (χ0) is 35.4. The van der Waals surface area contributed by atoms with Crippen LogP contribution >= 0.6 is 35.6 Å². The number of fused-ring (bicyclic) bond motifs is 4. The number of benzene rings is 2. The SMILES string of the molecule is Cc1ccc2c(c1)CCc1cccnc1C2Cl.Cl.Clc1ccc2c(c1)CCc1cccnc1C2OCCCc1cnc[nH]1.OCCCc1cnc[nH]1. The number of ether oxygens (including phenoxy) is 1. The van der Waals surface area contributed by atoms with Gasteiger partial charge >= 0.3 is 0 Å². The van der Waals surface area contributed by atoms with Crippen LogP contribution in [0.25, 0.3) is 0 Å². The summed E-state index contributed by atoms with van der Waals surface area (Å²) in [6.45, 7) is 3.04. The normalized spacial score (nSPS) is 15.4. The number of aromatic amines is 2. The molecule has 52 heavy (non-hydrogen) atoms. The van der Waals surface area contributed by atoms with E-state index < -0.39 is 0 Å². The second-order valence-electron chi connectivity index (χ2n) is 12.8. The summed E-state index contributed by atoms with van der Waals surface area (Å²) in [6, 6.07) is 20.9. The highest BCUT2D eigenvalue weighted by atomic mass is 35.5. The average molecular weight is 760 g/mol. The Hall–Kier alpha value is -4.05. The van der Waals surface area contributed by atoms with Crippen LogP contribution in [0.4, 0.5) is 0 Å². The molecule has 0 saturated heterocycles. The minimum Gasteiger partial charge on any atom is -0.396 e. The molecule has 8 rings (SSSR count). The number of hydrogen-bond acceptors (Lipinski definition) is 6. The van der Waals surface area contributed by atoms with Gasteiger partial charge in [-0.3, -0.25) is 9.97 Å². The van der Waals surface area contributed by atoms with Crippen molar-refractivity contribution in [2.24, 2.45) is 0 Å². The Bertz CT molecular complexity index is 1970. The third-order valence-electron chi connectivity index (χ3n) is 9.22. The lowest BCUT2D eigenvalue weighted by Gasteiger charge is -2.20. The Morgan fingerprint density at radius 2 is 1.35 bits per heavy atom. The topological polar surface area (TPSA) is 113 Å². The van der Waals surface area contributed by atoms with Crippen molar-refractivity contribution in [2.75, 3.05) is 13.2 Å². The number of nitrogens with zero attached hydrogens (tertiary/aromatic N) is 4. The first-order valence-electron chi connectivity index (χ1n) is 17.6. The van der Waals surface area contributed by atoms with Gasteiger partial charge in [-0.05, 0) is 116 Å². The summed E-state index contributed by atoms with van der Waals surface area (Å²) in [4.78, 5) is 23.1. The van der Waals surface area contributed by atoms with Crippen molar-refractivity contribution in [1.29, 1.82) is 0 Å². The maximum atomic E-state index is 8.43. The maximum absolute atomic E-state index is 8.43. The second kappa shape index (κ2) is 19.7. The van der Waals surface area contributed by atoms with Crippen molar-refractivity contribution < 1.29 is 9.84 Å². The quantitative estimate of drug-likeness (QED) is 0.106. The largest absolute Gasteiger partial charge is 0.396 e. The molecule has 0 bridgehead atoms. The number of imidazole rings is 2. The number of H-pyrrole nitrogens is 2. The van der Waals surface area contributed by atoms with Crippen LogP contribution in [0.5, 0.6) is 0 Å². The monoisotopic (exact) mass is 758 g/mol. The zero-order valence-corrected chi connectivity index (χ0v) is 31.6. The molecular formula is C41H45Cl3N6O2. The van der Waals surface area contributed by atoms with Crippen LogP contribution in [-0.4, -0.2) is 48.2 Å². The summed E-state index contributed by atoms with van der Waals surface area (Å²) in [5.41, 5.74) is 13.1. The molecule has 0 radical (unpaired) electrons. The fraction of sp³-hybridized carbons (Fsp3) is 0.317. The highest BCUT2D eigenvalue weighted by Crippen LogP contribution is 2.37. The molecule has 2 aromatic carbocycles. The molecule has 0 saturated carbocycles. The number of aliphatic hydroxyl groups is 1. The van der Waals surface area contributed by atoms with Crippen LogP contribution in [0, 0.1) is 6.92 Å². The van der Waals surface area contributed by atoms with Gasteiger partial charge in [0.25, 0.3) is 0 Å². The van der Waals surface area contributed by atoms with E-state index in [4.69, 9.17) is 33.0 Å². The summed E-state index contributed by atoms with van der Waals surface area (Å²) < 4.78 is 6.31. The molecule has 0 spiro atoms. The van der Waals surface area contributed by atoms with Crippen LogP contribution in [0.2, 0.25) is 5.02 Å². The van der Waals surface area contributed by atoms with E-state index in [9.17, 15) is 0 Å². The molecular weight excluding hydrogens is 715 g/mol. The number of pyridine rings is 2. The lowest BCUT2D eigenvalue weighted by atomic mass is 10.00. The second-order valence-corrected chi connectivity index (χ2v) is 13.7. The molecule has 2 unspecified atom stereocenters. The fourth-order valence-electron chi connectivity index (χ4n) is 6.61. The number of halogens is 3. The van der Waals surface area contributed by atoms with Gasteiger partial charge in [0.2, 0.25) is 0 Å². The molecule has 0 aliphatic heterocycles. The minimum absolute atomic E-state index is 0. The third kappa shape index (κ3) is 10.3. The van der Waals surface area contributed by atoms with Crippen molar-refractivity contribution >= 4 is 35.6 Å². The first-order chi connectivity index (χ1) is 25.0. The van der Waals surface area contributed by atoms with E-state index in [2.05, 4.69) is 79.3 Å².